The Kier molecular flexibility index (Phi) is 6.64. The van der Waals surface area contributed by atoms with Crippen molar-refractivity contribution in [3.63, 3.8) is 0 Å². The summed E-state index contributed by atoms with van der Waals surface area (Å²) in [6.45, 7) is 6.80. The third kappa shape index (κ3) is 5.55. The van der Waals surface area contributed by atoms with Crippen LogP contribution in [-0.2, 0) is 6.42 Å². The summed E-state index contributed by atoms with van der Waals surface area (Å²) in [5, 5.41) is 22.7. The van der Waals surface area contributed by atoms with Crippen LogP contribution in [0.2, 0.25) is 0 Å². The van der Waals surface area contributed by atoms with Gasteiger partial charge in [-0.25, -0.2) is 0 Å². The van der Waals surface area contributed by atoms with Gasteiger partial charge in [-0.05, 0) is 62.1 Å². The molecule has 0 spiro atoms. The largest absolute Gasteiger partial charge is 0.508 e. The van der Waals surface area contributed by atoms with Gasteiger partial charge in [0.25, 0.3) is 0 Å². The minimum absolute atomic E-state index is 0.280. The van der Waals surface area contributed by atoms with Gasteiger partial charge >= 0.3 is 0 Å². The lowest BCUT2D eigenvalue weighted by atomic mass is 10.1. The molecule has 3 N–H and O–H groups in total. The minimum Gasteiger partial charge on any atom is -0.508 e. The van der Waals surface area contributed by atoms with Gasteiger partial charge in [-0.3, -0.25) is 0 Å². The Morgan fingerprint density at radius 2 is 1.79 bits per heavy atom. The van der Waals surface area contributed by atoms with Gasteiger partial charge in [-0.15, -0.1) is 0 Å². The lowest BCUT2D eigenvalue weighted by molar-refractivity contribution is -0.0231. The normalized spacial score (nSPS) is 13.5. The number of hydrogen-bond donors (Lipinski definition) is 3. The van der Waals surface area contributed by atoms with Crippen LogP contribution in [0.15, 0.2) is 42.5 Å². The maximum absolute atomic E-state index is 10.1. The van der Waals surface area contributed by atoms with Crippen molar-refractivity contribution < 1.29 is 14.9 Å². The predicted molar refractivity (Wildman–Crippen MR) is 96.4 cm³/mol. The van der Waals surface area contributed by atoms with E-state index in [2.05, 4.69) is 12.2 Å². The summed E-state index contributed by atoms with van der Waals surface area (Å²) in [6.07, 6.45) is 0.570. The molecule has 0 heterocycles. The van der Waals surface area contributed by atoms with Gasteiger partial charge < -0.3 is 20.3 Å². The molecule has 2 aromatic rings. The van der Waals surface area contributed by atoms with Crippen molar-refractivity contribution in [1.29, 1.82) is 0 Å². The summed E-state index contributed by atoms with van der Waals surface area (Å²) in [7, 11) is 0. The average molecular weight is 329 g/mol. The fourth-order valence-electron chi connectivity index (χ4n) is 2.57. The molecule has 0 amide bonds. The average Bonchev–Trinajstić information content (AvgIpc) is 2.54. The maximum Gasteiger partial charge on any atom is 0.198 e. The molecule has 24 heavy (non-hydrogen) atoms. The number of aliphatic hydroxyl groups is 1. The smallest absolute Gasteiger partial charge is 0.198 e. The van der Waals surface area contributed by atoms with E-state index < -0.39 is 6.29 Å². The molecule has 0 fully saturated rings. The van der Waals surface area contributed by atoms with Crippen LogP contribution < -0.4 is 10.1 Å². The first kappa shape index (κ1) is 18.3. The van der Waals surface area contributed by atoms with Crippen LogP contribution >= 0.6 is 0 Å². The second kappa shape index (κ2) is 8.71. The van der Waals surface area contributed by atoms with Crippen LogP contribution in [0, 0.1) is 13.8 Å². The second-order valence-corrected chi connectivity index (χ2v) is 6.28. The Balaban J connectivity index is 1.72. The number of rotatable bonds is 8. The summed E-state index contributed by atoms with van der Waals surface area (Å²) >= 11 is 0. The van der Waals surface area contributed by atoms with E-state index in [9.17, 15) is 10.2 Å². The maximum atomic E-state index is 10.1. The van der Waals surface area contributed by atoms with Crippen LogP contribution in [0.1, 0.15) is 30.0 Å². The lowest BCUT2D eigenvalue weighted by Crippen LogP contribution is -2.32. The SMILES string of the molecule is Cc1cccc(OC(O)CCNC(C)Cc2ccc(O)cc2)c1C. The molecule has 0 aliphatic heterocycles. The molecule has 2 rings (SSSR count). The van der Waals surface area contributed by atoms with E-state index in [4.69, 9.17) is 4.74 Å². The van der Waals surface area contributed by atoms with E-state index in [-0.39, 0.29) is 11.8 Å². The Labute approximate surface area is 144 Å². The van der Waals surface area contributed by atoms with Crippen molar-refractivity contribution in [3.05, 3.63) is 59.2 Å². The molecule has 0 aliphatic rings. The molecular weight excluding hydrogens is 302 g/mol. The lowest BCUT2D eigenvalue weighted by Gasteiger charge is -2.18. The molecule has 130 valence electrons. The summed E-state index contributed by atoms with van der Waals surface area (Å²) in [6, 6.07) is 13.4. The molecule has 0 aromatic heterocycles. The first-order chi connectivity index (χ1) is 11.5. The van der Waals surface area contributed by atoms with Crippen molar-refractivity contribution in [2.24, 2.45) is 0 Å². The van der Waals surface area contributed by atoms with Gasteiger partial charge in [-0.2, -0.15) is 0 Å². The van der Waals surface area contributed by atoms with E-state index in [0.29, 0.717) is 13.0 Å². The highest BCUT2D eigenvalue weighted by molar-refractivity contribution is 5.38. The highest BCUT2D eigenvalue weighted by atomic mass is 16.6. The summed E-state index contributed by atoms with van der Waals surface area (Å²) < 4.78 is 5.63. The third-order valence-corrected chi connectivity index (χ3v) is 4.18. The van der Waals surface area contributed by atoms with E-state index >= 15 is 0 Å². The van der Waals surface area contributed by atoms with Crippen LogP contribution in [-0.4, -0.2) is 29.1 Å². The first-order valence-electron chi connectivity index (χ1n) is 8.38. The molecule has 0 aliphatic carbocycles. The van der Waals surface area contributed by atoms with Gasteiger partial charge in [0.15, 0.2) is 6.29 Å². The topological polar surface area (TPSA) is 61.7 Å². The molecule has 4 heteroatoms. The number of aromatic hydroxyl groups is 1. The van der Waals surface area contributed by atoms with Crippen molar-refractivity contribution in [2.45, 2.75) is 45.9 Å². The monoisotopic (exact) mass is 329 g/mol. The zero-order valence-electron chi connectivity index (χ0n) is 14.6. The molecule has 2 unspecified atom stereocenters. The number of phenols is 1. The number of hydrogen-bond acceptors (Lipinski definition) is 4. The molecule has 0 radical (unpaired) electrons. The Bertz CT molecular complexity index is 640. The van der Waals surface area contributed by atoms with Crippen molar-refractivity contribution >= 4 is 0 Å². The zero-order valence-corrected chi connectivity index (χ0v) is 14.6. The molecule has 4 nitrogen and oxygen atoms in total. The summed E-state index contributed by atoms with van der Waals surface area (Å²) in [4.78, 5) is 0. The summed E-state index contributed by atoms with van der Waals surface area (Å²) in [5.74, 6) is 1.02. The minimum atomic E-state index is -0.820. The van der Waals surface area contributed by atoms with Crippen LogP contribution in [0.4, 0.5) is 0 Å². The zero-order chi connectivity index (χ0) is 17.5. The van der Waals surface area contributed by atoms with Gasteiger partial charge in [0, 0.05) is 19.0 Å². The number of aryl methyl sites for hydroxylation is 1. The predicted octanol–water partition coefficient (Wildman–Crippen LogP) is 3.32. The Morgan fingerprint density at radius 3 is 2.50 bits per heavy atom. The molecule has 0 saturated heterocycles. The highest BCUT2D eigenvalue weighted by Gasteiger charge is 2.10. The third-order valence-electron chi connectivity index (χ3n) is 4.18. The van der Waals surface area contributed by atoms with Crippen LogP contribution in [0.25, 0.3) is 0 Å². The number of phenolic OH excluding ortho intramolecular Hbond substituents is 1. The van der Waals surface area contributed by atoms with Crippen molar-refractivity contribution in [3.8, 4) is 11.5 Å². The van der Waals surface area contributed by atoms with Crippen LogP contribution in [0.3, 0.4) is 0 Å². The number of nitrogens with one attached hydrogen (secondary N) is 1. The van der Waals surface area contributed by atoms with Gasteiger partial charge in [0.1, 0.15) is 11.5 Å². The Hall–Kier alpha value is -2.04. The highest BCUT2D eigenvalue weighted by Crippen LogP contribution is 2.21. The standard InChI is InChI=1S/C20H27NO3/c1-14-5-4-6-19(16(14)3)24-20(23)11-12-21-15(2)13-17-7-9-18(22)10-8-17/h4-10,15,20-23H,11-13H2,1-3H3. The second-order valence-electron chi connectivity index (χ2n) is 6.28. The van der Waals surface area contributed by atoms with E-state index in [1.807, 2.05) is 44.2 Å². The molecular formula is C20H27NO3. The van der Waals surface area contributed by atoms with Gasteiger partial charge in [-0.1, -0.05) is 24.3 Å². The summed E-state index contributed by atoms with van der Waals surface area (Å²) in [5.41, 5.74) is 3.38. The number of benzene rings is 2. The number of aliphatic hydroxyl groups excluding tert-OH is 1. The Morgan fingerprint density at radius 1 is 1.08 bits per heavy atom. The first-order valence-corrected chi connectivity index (χ1v) is 8.38. The quantitative estimate of drug-likeness (QED) is 0.650. The van der Waals surface area contributed by atoms with E-state index in [0.717, 1.165) is 23.3 Å². The molecule has 0 saturated carbocycles. The fourth-order valence-corrected chi connectivity index (χ4v) is 2.57. The van der Waals surface area contributed by atoms with Gasteiger partial charge in [0.2, 0.25) is 0 Å². The van der Waals surface area contributed by atoms with Crippen molar-refractivity contribution in [1.82, 2.24) is 5.32 Å². The number of ether oxygens (including phenoxy) is 1. The fraction of sp³-hybridized carbons (Fsp3) is 0.400. The molecule has 0 bridgehead atoms. The van der Waals surface area contributed by atoms with E-state index in [1.165, 1.54) is 5.56 Å². The van der Waals surface area contributed by atoms with E-state index in [1.54, 1.807) is 12.1 Å². The van der Waals surface area contributed by atoms with Crippen molar-refractivity contribution in [2.75, 3.05) is 6.54 Å². The van der Waals surface area contributed by atoms with Gasteiger partial charge in [0.05, 0.1) is 0 Å². The van der Waals surface area contributed by atoms with Crippen LogP contribution in [0.5, 0.6) is 11.5 Å². The molecule has 2 atom stereocenters. The molecule has 2 aromatic carbocycles.